The zero-order chi connectivity index (χ0) is 19.8. The molecule has 3 nitrogen and oxygen atoms in total. The molecule has 1 N–H and O–H groups in total. The highest BCUT2D eigenvalue weighted by Gasteiger charge is 2.01. The maximum absolute atomic E-state index is 11.2. The van der Waals surface area contributed by atoms with E-state index < -0.39 is 0 Å². The molecule has 1 rings (SSSR count). The first kappa shape index (κ1) is 26.4. The normalized spacial score (nSPS) is 12.8. The van der Waals surface area contributed by atoms with Gasteiger partial charge in [0.25, 0.3) is 0 Å². The van der Waals surface area contributed by atoms with Crippen molar-refractivity contribution in [1.82, 2.24) is 0 Å². The highest BCUT2D eigenvalue weighted by molar-refractivity contribution is 5.69. The molecule has 0 aromatic carbocycles. The van der Waals surface area contributed by atoms with Crippen molar-refractivity contribution in [3.8, 4) is 0 Å². The number of hydrogen-bond donors (Lipinski definition) is 1. The van der Waals surface area contributed by atoms with Gasteiger partial charge in [-0.2, -0.15) is 0 Å². The minimum atomic E-state index is -0.172. The third-order valence-electron chi connectivity index (χ3n) is 5.34. The number of esters is 1. The second-order valence-electron chi connectivity index (χ2n) is 8.06. The lowest BCUT2D eigenvalue weighted by Gasteiger charge is -2.05. The summed E-state index contributed by atoms with van der Waals surface area (Å²) in [4.78, 5) is 11.2. The van der Waals surface area contributed by atoms with Crippen molar-refractivity contribution in [2.75, 3.05) is 13.2 Å². The Morgan fingerprint density at radius 2 is 1.04 bits per heavy atom. The zero-order valence-electron chi connectivity index (χ0n) is 18.3. The molecule has 0 amide bonds. The Labute approximate surface area is 169 Å². The molecule has 0 unspecified atom stereocenters. The number of aliphatic hydroxyl groups is 1. The van der Waals surface area contributed by atoms with Crippen molar-refractivity contribution in [2.24, 2.45) is 0 Å². The lowest BCUT2D eigenvalue weighted by molar-refractivity contribution is -0.144. The summed E-state index contributed by atoms with van der Waals surface area (Å²) in [6.07, 6.45) is 26.4. The van der Waals surface area contributed by atoms with Crippen molar-refractivity contribution >= 4 is 5.97 Å². The molecular weight excluding hydrogens is 336 g/mol. The summed E-state index contributed by atoms with van der Waals surface area (Å²) >= 11 is 0. The van der Waals surface area contributed by atoms with E-state index in [2.05, 4.69) is 6.92 Å². The molecule has 0 atom stereocenters. The Bertz CT molecular complexity index is 283. The smallest absolute Gasteiger partial charge is 0.305 e. The molecule has 0 spiro atoms. The highest BCUT2D eigenvalue weighted by Crippen LogP contribution is 2.15. The highest BCUT2D eigenvalue weighted by atomic mass is 16.5. The van der Waals surface area contributed by atoms with Crippen molar-refractivity contribution in [2.45, 2.75) is 135 Å². The fourth-order valence-electron chi connectivity index (χ4n) is 3.12. The van der Waals surface area contributed by atoms with Gasteiger partial charge in [0.2, 0.25) is 0 Å². The molecule has 1 aliphatic carbocycles. The fraction of sp³-hybridized carbons (Fsp3) is 0.958. The van der Waals surface area contributed by atoms with Gasteiger partial charge in [-0.15, -0.1) is 0 Å². The van der Waals surface area contributed by atoms with E-state index in [-0.39, 0.29) is 19.2 Å². The molecule has 1 aliphatic rings. The number of hydrogen-bond acceptors (Lipinski definition) is 3. The standard InChI is InChI=1S/C20H40O3.C4H8/c1-2-3-4-5-6-7-8-9-10-11-12-13-14-15-16-17-20(22)23-19-18-21;1-2-4-3-1/h21H,2-19H2,1H3;1-4H2. The van der Waals surface area contributed by atoms with Crippen LogP contribution < -0.4 is 0 Å². The van der Waals surface area contributed by atoms with Crippen LogP contribution in [-0.4, -0.2) is 24.3 Å². The maximum Gasteiger partial charge on any atom is 0.305 e. The van der Waals surface area contributed by atoms with Gasteiger partial charge < -0.3 is 9.84 Å². The Morgan fingerprint density at radius 1 is 0.667 bits per heavy atom. The summed E-state index contributed by atoms with van der Waals surface area (Å²) < 4.78 is 4.82. The summed E-state index contributed by atoms with van der Waals surface area (Å²) in [6.45, 7) is 2.33. The van der Waals surface area contributed by atoms with Gasteiger partial charge in [0.15, 0.2) is 0 Å². The summed E-state index contributed by atoms with van der Waals surface area (Å²) in [5.74, 6) is -0.172. The molecule has 3 heteroatoms. The molecule has 1 saturated carbocycles. The monoisotopic (exact) mass is 384 g/mol. The number of rotatable bonds is 18. The van der Waals surface area contributed by atoms with Crippen LogP contribution in [0.4, 0.5) is 0 Å². The molecular formula is C24H48O3. The molecule has 162 valence electrons. The molecule has 0 heterocycles. The first-order chi connectivity index (χ1) is 13.3. The lowest BCUT2D eigenvalue weighted by atomic mass is 10.0. The number of carbonyl (C=O) groups excluding carboxylic acids is 1. The Hall–Kier alpha value is -0.570. The van der Waals surface area contributed by atoms with E-state index in [0.29, 0.717) is 6.42 Å². The molecule has 27 heavy (non-hydrogen) atoms. The van der Waals surface area contributed by atoms with E-state index in [4.69, 9.17) is 9.84 Å². The van der Waals surface area contributed by atoms with Gasteiger partial charge in [-0.25, -0.2) is 0 Å². The second-order valence-corrected chi connectivity index (χ2v) is 8.06. The maximum atomic E-state index is 11.2. The number of carbonyl (C=O) groups is 1. The molecule has 0 saturated heterocycles. The first-order valence-electron chi connectivity index (χ1n) is 12.1. The van der Waals surface area contributed by atoms with Gasteiger partial charge in [-0.05, 0) is 6.42 Å². The third kappa shape index (κ3) is 23.4. The van der Waals surface area contributed by atoms with Crippen LogP contribution in [0.25, 0.3) is 0 Å². The number of unbranched alkanes of at least 4 members (excludes halogenated alkanes) is 14. The van der Waals surface area contributed by atoms with Crippen LogP contribution >= 0.6 is 0 Å². The third-order valence-corrected chi connectivity index (χ3v) is 5.34. The van der Waals surface area contributed by atoms with Crippen LogP contribution in [0.5, 0.6) is 0 Å². The van der Waals surface area contributed by atoms with Crippen molar-refractivity contribution < 1.29 is 14.6 Å². The molecule has 0 radical (unpaired) electrons. The van der Waals surface area contributed by atoms with Crippen LogP contribution in [0.3, 0.4) is 0 Å². The molecule has 0 aromatic rings. The van der Waals surface area contributed by atoms with Gasteiger partial charge in [0.1, 0.15) is 6.61 Å². The molecule has 1 fully saturated rings. The van der Waals surface area contributed by atoms with Crippen LogP contribution in [-0.2, 0) is 9.53 Å². The van der Waals surface area contributed by atoms with Gasteiger partial charge in [0, 0.05) is 6.42 Å². The predicted octanol–water partition coefficient (Wildman–Crippen LogP) is 7.34. The average Bonchev–Trinajstić information content (AvgIpc) is 2.61. The summed E-state index contributed by atoms with van der Waals surface area (Å²) in [5, 5.41) is 8.54. The Balaban J connectivity index is 0.00000148. The minimum absolute atomic E-state index is 0.0788. The largest absolute Gasteiger partial charge is 0.463 e. The zero-order valence-corrected chi connectivity index (χ0v) is 18.3. The van der Waals surface area contributed by atoms with Crippen LogP contribution in [0.15, 0.2) is 0 Å². The summed E-state index contributed by atoms with van der Waals surface area (Å²) in [6, 6.07) is 0. The Morgan fingerprint density at radius 3 is 1.37 bits per heavy atom. The number of aliphatic hydroxyl groups excluding tert-OH is 1. The summed E-state index contributed by atoms with van der Waals surface area (Å²) in [7, 11) is 0. The number of ether oxygens (including phenoxy) is 1. The van der Waals surface area contributed by atoms with Crippen molar-refractivity contribution in [3.63, 3.8) is 0 Å². The van der Waals surface area contributed by atoms with E-state index in [1.54, 1.807) is 0 Å². The van der Waals surface area contributed by atoms with Crippen LogP contribution in [0.1, 0.15) is 135 Å². The van der Waals surface area contributed by atoms with E-state index in [1.165, 1.54) is 109 Å². The fourth-order valence-corrected chi connectivity index (χ4v) is 3.12. The van der Waals surface area contributed by atoms with Crippen molar-refractivity contribution in [1.29, 1.82) is 0 Å². The SMILES string of the molecule is C1CCC1.CCCCCCCCCCCCCCCCCC(=O)OCCO. The minimum Gasteiger partial charge on any atom is -0.463 e. The molecule has 0 aliphatic heterocycles. The predicted molar refractivity (Wildman–Crippen MR) is 116 cm³/mol. The molecule has 0 aromatic heterocycles. The topological polar surface area (TPSA) is 46.5 Å². The van der Waals surface area contributed by atoms with Crippen LogP contribution in [0.2, 0.25) is 0 Å². The van der Waals surface area contributed by atoms with E-state index >= 15 is 0 Å². The van der Waals surface area contributed by atoms with Gasteiger partial charge in [-0.1, -0.05) is 122 Å². The van der Waals surface area contributed by atoms with Gasteiger partial charge in [-0.3, -0.25) is 4.79 Å². The van der Waals surface area contributed by atoms with Crippen LogP contribution in [0, 0.1) is 0 Å². The molecule has 0 bridgehead atoms. The quantitative estimate of drug-likeness (QED) is 0.198. The summed E-state index contributed by atoms with van der Waals surface area (Å²) in [5.41, 5.74) is 0. The first-order valence-corrected chi connectivity index (χ1v) is 12.1. The van der Waals surface area contributed by atoms with E-state index in [9.17, 15) is 4.79 Å². The second kappa shape index (κ2) is 23.5. The average molecular weight is 385 g/mol. The van der Waals surface area contributed by atoms with Gasteiger partial charge >= 0.3 is 5.97 Å². The van der Waals surface area contributed by atoms with E-state index in [0.717, 1.165) is 12.8 Å². The van der Waals surface area contributed by atoms with E-state index in [1.807, 2.05) is 0 Å². The van der Waals surface area contributed by atoms with Crippen molar-refractivity contribution in [3.05, 3.63) is 0 Å². The Kier molecular flexibility index (Phi) is 23.0. The van der Waals surface area contributed by atoms with Gasteiger partial charge in [0.05, 0.1) is 6.61 Å². The lowest BCUT2D eigenvalue weighted by Crippen LogP contribution is -2.07.